The second kappa shape index (κ2) is 3.96. The van der Waals surface area contributed by atoms with Gasteiger partial charge in [-0.1, -0.05) is 0 Å². The quantitative estimate of drug-likeness (QED) is 0.722. The van der Waals surface area contributed by atoms with Crippen LogP contribution >= 0.6 is 0 Å². The van der Waals surface area contributed by atoms with Gasteiger partial charge >= 0.3 is 0 Å². The maximum absolute atomic E-state index is 4.23. The first-order valence-corrected chi connectivity index (χ1v) is 5.16. The Morgan fingerprint density at radius 3 is 3.07 bits per heavy atom. The van der Waals surface area contributed by atoms with Crippen LogP contribution in [0.3, 0.4) is 0 Å². The second-order valence-corrected chi connectivity index (χ2v) is 3.97. The zero-order chi connectivity index (χ0) is 9.97. The van der Waals surface area contributed by atoms with E-state index in [0.717, 1.165) is 19.6 Å². The van der Waals surface area contributed by atoms with E-state index in [1.807, 2.05) is 12.4 Å². The normalized spacial score (nSPS) is 22.4. The van der Waals surface area contributed by atoms with Gasteiger partial charge in [0, 0.05) is 31.9 Å². The molecule has 0 aliphatic carbocycles. The van der Waals surface area contributed by atoms with E-state index < -0.39 is 0 Å². The van der Waals surface area contributed by atoms with E-state index in [1.54, 1.807) is 0 Å². The highest BCUT2D eigenvalue weighted by atomic mass is 15.2. The number of hydrogen-bond acceptors (Lipinski definition) is 3. The molecule has 1 aliphatic heterocycles. The van der Waals surface area contributed by atoms with Gasteiger partial charge in [-0.2, -0.15) is 0 Å². The molecule has 1 aromatic heterocycles. The molecule has 1 atom stereocenters. The molecule has 76 valence electrons. The number of pyridine rings is 1. The smallest absolute Gasteiger partial charge is 0.0558 e. The maximum Gasteiger partial charge on any atom is 0.0558 e. The van der Waals surface area contributed by atoms with Crippen molar-refractivity contribution in [3.63, 3.8) is 0 Å². The molecule has 14 heavy (non-hydrogen) atoms. The van der Waals surface area contributed by atoms with E-state index in [2.05, 4.69) is 35.1 Å². The number of aromatic nitrogens is 1. The molecule has 2 heterocycles. The van der Waals surface area contributed by atoms with Crippen molar-refractivity contribution in [3.05, 3.63) is 24.0 Å². The van der Waals surface area contributed by atoms with Crippen LogP contribution in [0.5, 0.6) is 0 Å². The first-order chi connectivity index (χ1) is 6.77. The zero-order valence-corrected chi connectivity index (χ0v) is 8.83. The third-order valence-corrected chi connectivity index (χ3v) is 2.69. The molecule has 0 aromatic carbocycles. The second-order valence-electron chi connectivity index (χ2n) is 3.97. The molecular formula is C11H17N3. The van der Waals surface area contributed by atoms with E-state index in [4.69, 9.17) is 0 Å². The highest BCUT2D eigenvalue weighted by Gasteiger charge is 2.17. The first-order valence-electron chi connectivity index (χ1n) is 5.16. The topological polar surface area (TPSA) is 28.2 Å². The largest absolute Gasteiger partial charge is 0.365 e. The number of aryl methyl sites for hydroxylation is 1. The molecule has 0 bridgehead atoms. The van der Waals surface area contributed by atoms with Gasteiger partial charge in [-0.15, -0.1) is 0 Å². The molecule has 1 aliphatic rings. The van der Waals surface area contributed by atoms with Gasteiger partial charge in [0.05, 0.1) is 11.9 Å². The molecule has 0 unspecified atom stereocenters. The van der Waals surface area contributed by atoms with Crippen LogP contribution in [0.15, 0.2) is 18.5 Å². The number of rotatable bonds is 1. The predicted molar refractivity (Wildman–Crippen MR) is 58.7 cm³/mol. The lowest BCUT2D eigenvalue weighted by molar-refractivity contribution is 0.500. The van der Waals surface area contributed by atoms with E-state index in [1.165, 1.54) is 11.3 Å². The summed E-state index contributed by atoms with van der Waals surface area (Å²) in [5.41, 5.74) is 2.48. The molecular weight excluding hydrogens is 174 g/mol. The van der Waals surface area contributed by atoms with Crippen LogP contribution in [-0.4, -0.2) is 30.7 Å². The highest BCUT2D eigenvalue weighted by molar-refractivity contribution is 5.47. The van der Waals surface area contributed by atoms with E-state index >= 15 is 0 Å². The van der Waals surface area contributed by atoms with Crippen LogP contribution in [0, 0.1) is 6.92 Å². The Morgan fingerprint density at radius 2 is 2.36 bits per heavy atom. The number of nitrogens with one attached hydrogen (secondary N) is 1. The third-order valence-electron chi connectivity index (χ3n) is 2.69. The van der Waals surface area contributed by atoms with Crippen molar-refractivity contribution in [2.24, 2.45) is 0 Å². The van der Waals surface area contributed by atoms with Crippen molar-refractivity contribution < 1.29 is 0 Å². The molecule has 1 fully saturated rings. The molecule has 0 saturated carbocycles. The number of hydrogen-bond donors (Lipinski definition) is 1. The van der Waals surface area contributed by atoms with Crippen LogP contribution in [-0.2, 0) is 0 Å². The van der Waals surface area contributed by atoms with Crippen LogP contribution in [0.4, 0.5) is 5.69 Å². The van der Waals surface area contributed by atoms with Crippen molar-refractivity contribution in [2.45, 2.75) is 19.9 Å². The lowest BCUT2D eigenvalue weighted by Crippen LogP contribution is -2.49. The van der Waals surface area contributed by atoms with Crippen molar-refractivity contribution in [3.8, 4) is 0 Å². The SMILES string of the molecule is Cc1cncc(N2CCNC[C@@H]2C)c1. The van der Waals surface area contributed by atoms with Gasteiger partial charge in [-0.3, -0.25) is 4.98 Å². The molecule has 2 rings (SSSR count). The summed E-state index contributed by atoms with van der Waals surface area (Å²) in [6.07, 6.45) is 3.85. The minimum absolute atomic E-state index is 0.562. The average Bonchev–Trinajstić information content (AvgIpc) is 2.18. The Morgan fingerprint density at radius 1 is 1.50 bits per heavy atom. The summed E-state index contributed by atoms with van der Waals surface area (Å²) in [5.74, 6) is 0. The van der Waals surface area contributed by atoms with Gasteiger partial charge in [0.1, 0.15) is 0 Å². The number of piperazine rings is 1. The molecule has 3 nitrogen and oxygen atoms in total. The minimum Gasteiger partial charge on any atom is -0.365 e. The highest BCUT2D eigenvalue weighted by Crippen LogP contribution is 2.17. The van der Waals surface area contributed by atoms with Gasteiger partial charge < -0.3 is 10.2 Å². The first kappa shape index (κ1) is 9.46. The van der Waals surface area contributed by atoms with Crippen molar-refractivity contribution in [1.29, 1.82) is 0 Å². The van der Waals surface area contributed by atoms with Crippen molar-refractivity contribution >= 4 is 5.69 Å². The molecule has 0 amide bonds. The summed E-state index contributed by atoms with van der Waals surface area (Å²) >= 11 is 0. The van der Waals surface area contributed by atoms with Gasteiger partial charge in [-0.05, 0) is 25.5 Å². The van der Waals surface area contributed by atoms with E-state index in [9.17, 15) is 0 Å². The van der Waals surface area contributed by atoms with Gasteiger partial charge in [-0.25, -0.2) is 0 Å². The van der Waals surface area contributed by atoms with Crippen LogP contribution in [0.25, 0.3) is 0 Å². The molecule has 1 saturated heterocycles. The fourth-order valence-corrected chi connectivity index (χ4v) is 1.92. The Balaban J connectivity index is 2.20. The molecule has 1 aromatic rings. The van der Waals surface area contributed by atoms with Crippen LogP contribution in [0.2, 0.25) is 0 Å². The van der Waals surface area contributed by atoms with E-state index in [-0.39, 0.29) is 0 Å². The lowest BCUT2D eigenvalue weighted by Gasteiger charge is -2.35. The zero-order valence-electron chi connectivity index (χ0n) is 8.83. The summed E-state index contributed by atoms with van der Waals surface area (Å²) in [6, 6.07) is 2.77. The average molecular weight is 191 g/mol. The van der Waals surface area contributed by atoms with Crippen LogP contribution < -0.4 is 10.2 Å². The minimum atomic E-state index is 0.562. The molecule has 0 radical (unpaired) electrons. The molecule has 0 spiro atoms. The standard InChI is InChI=1S/C11H17N3/c1-9-5-11(8-13-6-9)14-4-3-12-7-10(14)2/h5-6,8,10,12H,3-4,7H2,1-2H3/t10-/m0/s1. The van der Waals surface area contributed by atoms with Gasteiger partial charge in [0.25, 0.3) is 0 Å². The summed E-state index contributed by atoms with van der Waals surface area (Å²) in [7, 11) is 0. The van der Waals surface area contributed by atoms with E-state index in [0.29, 0.717) is 6.04 Å². The fourth-order valence-electron chi connectivity index (χ4n) is 1.92. The predicted octanol–water partition coefficient (Wildman–Crippen LogP) is 1.19. The van der Waals surface area contributed by atoms with Crippen LogP contribution in [0.1, 0.15) is 12.5 Å². The molecule has 1 N–H and O–H groups in total. The van der Waals surface area contributed by atoms with Crippen molar-refractivity contribution in [2.75, 3.05) is 24.5 Å². The summed E-state index contributed by atoms with van der Waals surface area (Å²) < 4.78 is 0. The van der Waals surface area contributed by atoms with Gasteiger partial charge in [0.2, 0.25) is 0 Å². The Labute approximate surface area is 85.1 Å². The number of nitrogens with zero attached hydrogens (tertiary/aromatic N) is 2. The monoisotopic (exact) mass is 191 g/mol. The summed E-state index contributed by atoms with van der Waals surface area (Å²) in [4.78, 5) is 6.64. The summed E-state index contributed by atoms with van der Waals surface area (Å²) in [6.45, 7) is 7.54. The fraction of sp³-hybridized carbons (Fsp3) is 0.545. The van der Waals surface area contributed by atoms with Gasteiger partial charge in [0.15, 0.2) is 0 Å². The third kappa shape index (κ3) is 1.87. The number of anilines is 1. The Kier molecular flexibility index (Phi) is 2.68. The Bertz CT molecular complexity index is 311. The maximum atomic E-state index is 4.23. The Hall–Kier alpha value is -1.09. The lowest BCUT2D eigenvalue weighted by atomic mass is 10.2. The van der Waals surface area contributed by atoms with Crippen molar-refractivity contribution in [1.82, 2.24) is 10.3 Å². The molecule has 3 heteroatoms. The summed E-state index contributed by atoms with van der Waals surface area (Å²) in [5, 5.41) is 3.39.